The summed E-state index contributed by atoms with van der Waals surface area (Å²) < 4.78 is 6.63. The number of aromatic nitrogens is 2. The smallest absolute Gasteiger partial charge is 0.316 e. The van der Waals surface area contributed by atoms with Crippen LogP contribution in [0.25, 0.3) is 10.2 Å². The molecule has 2 heterocycles. The maximum atomic E-state index is 13.4. The van der Waals surface area contributed by atoms with E-state index in [-0.39, 0.29) is 23.3 Å². The van der Waals surface area contributed by atoms with E-state index in [4.69, 9.17) is 9.72 Å². The third-order valence-corrected chi connectivity index (χ3v) is 7.34. The summed E-state index contributed by atoms with van der Waals surface area (Å²) in [7, 11) is 1.39. The summed E-state index contributed by atoms with van der Waals surface area (Å²) >= 11 is 2.99. The monoisotopic (exact) mass is 378 g/mol. The van der Waals surface area contributed by atoms with Crippen LogP contribution in [0.1, 0.15) is 55.0 Å². The fraction of sp³-hybridized carbons (Fsp3) is 0.611. The van der Waals surface area contributed by atoms with Crippen molar-refractivity contribution in [1.29, 1.82) is 0 Å². The molecular weight excluding hydrogens is 356 g/mol. The highest BCUT2D eigenvalue weighted by molar-refractivity contribution is 7.99. The maximum absolute atomic E-state index is 13.4. The number of methoxy groups -OCH3 is 1. The Kier molecular flexibility index (Phi) is 4.86. The zero-order valence-corrected chi connectivity index (χ0v) is 16.0. The number of nitrogens with zero attached hydrogens (tertiary/aromatic N) is 2. The van der Waals surface area contributed by atoms with Crippen molar-refractivity contribution in [3.63, 3.8) is 0 Å². The van der Waals surface area contributed by atoms with E-state index in [1.54, 1.807) is 11.3 Å². The Labute approximate surface area is 154 Å². The maximum Gasteiger partial charge on any atom is 0.316 e. The minimum atomic E-state index is -0.289. The lowest BCUT2D eigenvalue weighted by Gasteiger charge is -2.18. The topological polar surface area (TPSA) is 61.2 Å². The van der Waals surface area contributed by atoms with Gasteiger partial charge in [0.2, 0.25) is 0 Å². The molecule has 0 aliphatic heterocycles. The van der Waals surface area contributed by atoms with Gasteiger partial charge < -0.3 is 4.74 Å². The number of ether oxygens (including phenoxy) is 1. The van der Waals surface area contributed by atoms with E-state index in [0.717, 1.165) is 55.2 Å². The number of hydrogen-bond donors (Lipinski definition) is 0. The molecule has 0 saturated heterocycles. The summed E-state index contributed by atoms with van der Waals surface area (Å²) in [5.41, 5.74) is 1.34. The van der Waals surface area contributed by atoms with Crippen LogP contribution in [-0.4, -0.2) is 28.4 Å². The third kappa shape index (κ3) is 3.12. The van der Waals surface area contributed by atoms with Crippen LogP contribution in [0.5, 0.6) is 0 Å². The summed E-state index contributed by atoms with van der Waals surface area (Å²) in [6.45, 7) is 0. The molecule has 0 unspecified atom stereocenters. The molecule has 4 rings (SSSR count). The highest BCUT2D eigenvalue weighted by atomic mass is 32.2. The quantitative estimate of drug-likeness (QED) is 0.461. The van der Waals surface area contributed by atoms with Gasteiger partial charge >= 0.3 is 5.97 Å². The van der Waals surface area contributed by atoms with Crippen LogP contribution in [0, 0.1) is 0 Å². The second kappa shape index (κ2) is 7.11. The van der Waals surface area contributed by atoms with Gasteiger partial charge in [0.25, 0.3) is 5.56 Å². The molecule has 0 amide bonds. The fourth-order valence-corrected chi connectivity index (χ4v) is 6.17. The summed E-state index contributed by atoms with van der Waals surface area (Å²) in [5.74, 6) is -0.102. The summed E-state index contributed by atoms with van der Waals surface area (Å²) in [5, 5.41) is 1.52. The first-order valence-corrected chi connectivity index (χ1v) is 10.8. The molecule has 2 aliphatic rings. The highest BCUT2D eigenvalue weighted by Gasteiger charge is 2.27. The number of hydrogen-bond acceptors (Lipinski definition) is 6. The number of aryl methyl sites for hydroxylation is 2. The van der Waals surface area contributed by atoms with Crippen molar-refractivity contribution in [3.05, 3.63) is 20.8 Å². The number of esters is 1. The Morgan fingerprint density at radius 2 is 2.04 bits per heavy atom. The summed E-state index contributed by atoms with van der Waals surface area (Å²) in [6, 6.07) is 0.212. The van der Waals surface area contributed by atoms with E-state index in [1.807, 2.05) is 4.57 Å². The first-order valence-electron chi connectivity index (χ1n) is 8.95. The number of rotatable bonds is 4. The van der Waals surface area contributed by atoms with E-state index in [9.17, 15) is 9.59 Å². The molecule has 0 radical (unpaired) electrons. The van der Waals surface area contributed by atoms with Crippen LogP contribution in [0.15, 0.2) is 9.95 Å². The van der Waals surface area contributed by atoms with Crippen LogP contribution in [0.3, 0.4) is 0 Å². The molecule has 25 heavy (non-hydrogen) atoms. The number of carbonyl (C=O) groups is 1. The molecule has 7 heteroatoms. The van der Waals surface area contributed by atoms with Crippen LogP contribution in [-0.2, 0) is 22.4 Å². The van der Waals surface area contributed by atoms with Gasteiger partial charge in [-0.05, 0) is 44.1 Å². The molecular formula is C18H22N2O3S2. The van der Waals surface area contributed by atoms with E-state index >= 15 is 0 Å². The molecule has 2 aromatic heterocycles. The average molecular weight is 379 g/mol. The van der Waals surface area contributed by atoms with Gasteiger partial charge in [-0.15, -0.1) is 11.3 Å². The SMILES string of the molecule is COC(=O)CSc1nc2sc3c(c2c(=O)n1C1CCCC1)CCCC3. The van der Waals surface area contributed by atoms with Crippen LogP contribution in [0.2, 0.25) is 0 Å². The van der Waals surface area contributed by atoms with Crippen LogP contribution in [0.4, 0.5) is 0 Å². The minimum absolute atomic E-state index is 0.101. The van der Waals surface area contributed by atoms with Crippen molar-refractivity contribution < 1.29 is 9.53 Å². The van der Waals surface area contributed by atoms with Crippen LogP contribution >= 0.6 is 23.1 Å². The fourth-order valence-electron chi connectivity index (χ4n) is 3.97. The number of carbonyl (C=O) groups excluding carboxylic acids is 1. The molecule has 5 nitrogen and oxygen atoms in total. The minimum Gasteiger partial charge on any atom is -0.468 e. The van der Waals surface area contributed by atoms with Crippen molar-refractivity contribution in [2.75, 3.05) is 12.9 Å². The molecule has 2 aromatic rings. The number of thiophene rings is 1. The van der Waals surface area contributed by atoms with Gasteiger partial charge in [0, 0.05) is 10.9 Å². The first-order chi connectivity index (χ1) is 12.2. The van der Waals surface area contributed by atoms with Gasteiger partial charge in [-0.25, -0.2) is 4.98 Å². The molecule has 2 aliphatic carbocycles. The molecule has 0 spiro atoms. The molecule has 1 fully saturated rings. The van der Waals surface area contributed by atoms with E-state index in [1.165, 1.54) is 35.7 Å². The predicted octanol–water partition coefficient (Wildman–Crippen LogP) is 3.72. The predicted molar refractivity (Wildman–Crippen MR) is 101 cm³/mol. The molecule has 0 aromatic carbocycles. The second-order valence-electron chi connectivity index (χ2n) is 6.76. The number of fused-ring (bicyclic) bond motifs is 3. The van der Waals surface area contributed by atoms with E-state index in [0.29, 0.717) is 5.16 Å². The largest absolute Gasteiger partial charge is 0.468 e. The molecule has 0 N–H and O–H groups in total. The van der Waals surface area contributed by atoms with Gasteiger partial charge in [0.05, 0.1) is 18.2 Å². The van der Waals surface area contributed by atoms with Crippen molar-refractivity contribution in [3.8, 4) is 0 Å². The Bertz CT molecular complexity index is 865. The molecule has 134 valence electrons. The van der Waals surface area contributed by atoms with Crippen LogP contribution < -0.4 is 5.56 Å². The number of thioether (sulfide) groups is 1. The Hall–Kier alpha value is -1.34. The zero-order valence-electron chi connectivity index (χ0n) is 14.4. The Balaban J connectivity index is 1.85. The molecule has 1 saturated carbocycles. The summed E-state index contributed by atoms with van der Waals surface area (Å²) in [6.07, 6.45) is 8.74. The Morgan fingerprint density at radius 1 is 1.28 bits per heavy atom. The van der Waals surface area contributed by atoms with Gasteiger partial charge in [0.15, 0.2) is 5.16 Å². The summed E-state index contributed by atoms with van der Waals surface area (Å²) in [4.78, 5) is 32.0. The van der Waals surface area contributed by atoms with Gasteiger partial charge in [-0.3, -0.25) is 14.2 Å². The van der Waals surface area contributed by atoms with Crippen molar-refractivity contribution in [2.24, 2.45) is 0 Å². The van der Waals surface area contributed by atoms with Crippen molar-refractivity contribution in [2.45, 2.75) is 62.6 Å². The lowest BCUT2D eigenvalue weighted by atomic mass is 9.97. The lowest BCUT2D eigenvalue weighted by Crippen LogP contribution is -2.27. The van der Waals surface area contributed by atoms with Gasteiger partial charge in [0.1, 0.15) is 4.83 Å². The normalized spacial score (nSPS) is 17.8. The van der Waals surface area contributed by atoms with Crippen molar-refractivity contribution >= 4 is 39.3 Å². The zero-order chi connectivity index (χ0) is 17.4. The Morgan fingerprint density at radius 3 is 2.80 bits per heavy atom. The first kappa shape index (κ1) is 17.1. The lowest BCUT2D eigenvalue weighted by molar-refractivity contribution is -0.137. The van der Waals surface area contributed by atoms with E-state index in [2.05, 4.69) is 0 Å². The van der Waals surface area contributed by atoms with Gasteiger partial charge in [-0.2, -0.15) is 0 Å². The van der Waals surface area contributed by atoms with Crippen molar-refractivity contribution in [1.82, 2.24) is 9.55 Å². The third-order valence-electron chi connectivity index (χ3n) is 5.23. The highest BCUT2D eigenvalue weighted by Crippen LogP contribution is 2.37. The van der Waals surface area contributed by atoms with E-state index < -0.39 is 0 Å². The molecule has 0 bridgehead atoms. The standard InChI is InChI=1S/C18H22N2O3S2/c1-23-14(21)10-24-18-19-16-15(12-8-4-5-9-13(12)25-16)17(22)20(18)11-6-2-3-7-11/h11H,2-10H2,1H3. The van der Waals surface area contributed by atoms with Gasteiger partial charge in [-0.1, -0.05) is 24.6 Å². The molecule has 0 atom stereocenters. The second-order valence-corrected chi connectivity index (χ2v) is 8.79. The average Bonchev–Trinajstić information content (AvgIpc) is 3.26.